The lowest BCUT2D eigenvalue weighted by molar-refractivity contribution is 0.423. The van der Waals surface area contributed by atoms with Gasteiger partial charge in [-0.3, -0.25) is 0 Å². The highest BCUT2D eigenvalue weighted by Gasteiger charge is 2.25. The number of nitrogens with zero attached hydrogens (tertiary/aromatic N) is 2. The van der Waals surface area contributed by atoms with Crippen LogP contribution >= 0.6 is 0 Å². The Bertz CT molecular complexity index is 496. The zero-order valence-electron chi connectivity index (χ0n) is 10.2. The fourth-order valence-electron chi connectivity index (χ4n) is 2.08. The van der Waals surface area contributed by atoms with Crippen molar-refractivity contribution in [2.45, 2.75) is 30.6 Å². The van der Waals surface area contributed by atoms with E-state index < -0.39 is 10.0 Å². The first kappa shape index (κ1) is 13.3. The number of anilines is 1. The summed E-state index contributed by atoms with van der Waals surface area (Å²) in [4.78, 5) is 4.16. The van der Waals surface area contributed by atoms with E-state index in [0.717, 1.165) is 25.7 Å². The molecule has 1 aliphatic rings. The van der Waals surface area contributed by atoms with Crippen molar-refractivity contribution in [3.05, 3.63) is 18.3 Å². The lowest BCUT2D eigenvalue weighted by Crippen LogP contribution is -2.32. The minimum absolute atomic E-state index is 0.243. The molecule has 0 aliphatic carbocycles. The summed E-state index contributed by atoms with van der Waals surface area (Å²) < 4.78 is 26.4. The Morgan fingerprint density at radius 2 is 1.89 bits per heavy atom. The molecule has 2 heterocycles. The summed E-state index contributed by atoms with van der Waals surface area (Å²) >= 11 is 0. The maximum atomic E-state index is 12.4. The van der Waals surface area contributed by atoms with Crippen LogP contribution in [0.25, 0.3) is 0 Å². The van der Waals surface area contributed by atoms with Gasteiger partial charge < -0.3 is 5.43 Å². The number of nitrogen functional groups attached to an aromatic ring is 1. The van der Waals surface area contributed by atoms with Crippen LogP contribution in [-0.2, 0) is 10.0 Å². The monoisotopic (exact) mass is 270 g/mol. The second kappa shape index (κ2) is 5.64. The van der Waals surface area contributed by atoms with Crippen LogP contribution in [0.5, 0.6) is 0 Å². The molecular formula is C11H18N4O2S. The van der Waals surface area contributed by atoms with Crippen LogP contribution in [0.1, 0.15) is 25.7 Å². The number of pyridine rings is 1. The van der Waals surface area contributed by atoms with E-state index in [0.29, 0.717) is 18.9 Å². The first-order valence-electron chi connectivity index (χ1n) is 6.07. The molecule has 1 aromatic heterocycles. The van der Waals surface area contributed by atoms with Gasteiger partial charge in [-0.05, 0) is 18.9 Å². The van der Waals surface area contributed by atoms with Gasteiger partial charge in [0.2, 0.25) is 10.0 Å². The van der Waals surface area contributed by atoms with E-state index in [4.69, 9.17) is 5.84 Å². The molecule has 18 heavy (non-hydrogen) atoms. The zero-order chi connectivity index (χ0) is 13.0. The molecule has 2 rings (SSSR count). The topological polar surface area (TPSA) is 88.3 Å². The molecular weight excluding hydrogens is 252 g/mol. The van der Waals surface area contributed by atoms with Crippen molar-refractivity contribution in [1.82, 2.24) is 9.29 Å². The molecule has 0 spiro atoms. The lowest BCUT2D eigenvalue weighted by atomic mass is 10.2. The lowest BCUT2D eigenvalue weighted by Gasteiger charge is -2.20. The predicted octanol–water partition coefficient (Wildman–Crippen LogP) is 0.932. The smallest absolute Gasteiger partial charge is 0.243 e. The highest BCUT2D eigenvalue weighted by molar-refractivity contribution is 7.89. The summed E-state index contributed by atoms with van der Waals surface area (Å²) in [5, 5.41) is 0. The Hall–Kier alpha value is -1.18. The van der Waals surface area contributed by atoms with Crippen LogP contribution in [0.4, 0.5) is 5.82 Å². The molecule has 0 amide bonds. The standard InChI is InChI=1S/C11H18N4O2S/c12-14-11-9-10(5-6-13-11)18(16,17)15-7-3-1-2-4-8-15/h5-6,9H,1-4,7-8,12H2,(H,13,14). The number of aromatic nitrogens is 1. The summed E-state index contributed by atoms with van der Waals surface area (Å²) in [6, 6.07) is 2.96. The summed E-state index contributed by atoms with van der Waals surface area (Å²) in [6.45, 7) is 1.19. The largest absolute Gasteiger partial charge is 0.308 e. The first-order valence-corrected chi connectivity index (χ1v) is 7.51. The average molecular weight is 270 g/mol. The first-order chi connectivity index (χ1) is 8.64. The molecule has 1 fully saturated rings. The van der Waals surface area contributed by atoms with Gasteiger partial charge in [-0.25, -0.2) is 19.2 Å². The van der Waals surface area contributed by atoms with E-state index >= 15 is 0 Å². The summed E-state index contributed by atoms with van der Waals surface area (Å²) in [7, 11) is -3.42. The van der Waals surface area contributed by atoms with E-state index in [2.05, 4.69) is 10.4 Å². The maximum absolute atomic E-state index is 12.4. The molecule has 0 aromatic carbocycles. The molecule has 3 N–H and O–H groups in total. The molecule has 0 unspecified atom stereocenters. The number of hydrogen-bond donors (Lipinski definition) is 2. The van der Waals surface area contributed by atoms with Crippen molar-refractivity contribution >= 4 is 15.8 Å². The van der Waals surface area contributed by atoms with E-state index in [1.165, 1.54) is 18.3 Å². The number of sulfonamides is 1. The highest BCUT2D eigenvalue weighted by atomic mass is 32.2. The van der Waals surface area contributed by atoms with Crippen LogP contribution in [0.2, 0.25) is 0 Å². The van der Waals surface area contributed by atoms with Crippen molar-refractivity contribution in [2.24, 2.45) is 5.84 Å². The molecule has 0 bridgehead atoms. The Kier molecular flexibility index (Phi) is 4.15. The fourth-order valence-corrected chi connectivity index (χ4v) is 3.61. The van der Waals surface area contributed by atoms with Crippen molar-refractivity contribution in [3.8, 4) is 0 Å². The van der Waals surface area contributed by atoms with Gasteiger partial charge in [-0.15, -0.1) is 0 Å². The molecule has 1 saturated heterocycles. The van der Waals surface area contributed by atoms with Gasteiger partial charge in [0.25, 0.3) is 0 Å². The quantitative estimate of drug-likeness (QED) is 0.630. The highest BCUT2D eigenvalue weighted by Crippen LogP contribution is 2.21. The van der Waals surface area contributed by atoms with Crippen LogP contribution in [0, 0.1) is 0 Å². The minimum atomic E-state index is -3.42. The zero-order valence-corrected chi connectivity index (χ0v) is 11.0. The van der Waals surface area contributed by atoms with Gasteiger partial charge in [0.15, 0.2) is 0 Å². The van der Waals surface area contributed by atoms with E-state index in [1.807, 2.05) is 0 Å². The van der Waals surface area contributed by atoms with Crippen LogP contribution in [-0.4, -0.2) is 30.8 Å². The Morgan fingerprint density at radius 1 is 1.22 bits per heavy atom. The molecule has 1 aliphatic heterocycles. The number of hydrazine groups is 1. The molecule has 0 radical (unpaired) electrons. The predicted molar refractivity (Wildman–Crippen MR) is 69.3 cm³/mol. The van der Waals surface area contributed by atoms with Crippen LogP contribution < -0.4 is 11.3 Å². The normalized spacial score (nSPS) is 18.3. The minimum Gasteiger partial charge on any atom is -0.308 e. The van der Waals surface area contributed by atoms with Crippen LogP contribution in [0.3, 0.4) is 0 Å². The van der Waals surface area contributed by atoms with Gasteiger partial charge in [-0.2, -0.15) is 4.31 Å². The average Bonchev–Trinajstić information content (AvgIpc) is 2.68. The van der Waals surface area contributed by atoms with E-state index in [1.54, 1.807) is 4.31 Å². The fraction of sp³-hybridized carbons (Fsp3) is 0.545. The van der Waals surface area contributed by atoms with Gasteiger partial charge in [0, 0.05) is 25.4 Å². The Labute approximate surface area is 107 Å². The van der Waals surface area contributed by atoms with Crippen molar-refractivity contribution in [1.29, 1.82) is 0 Å². The van der Waals surface area contributed by atoms with Gasteiger partial charge in [0.1, 0.15) is 5.82 Å². The second-order valence-electron chi connectivity index (χ2n) is 4.34. The van der Waals surface area contributed by atoms with E-state index in [-0.39, 0.29) is 4.90 Å². The Morgan fingerprint density at radius 3 is 2.50 bits per heavy atom. The third-order valence-electron chi connectivity index (χ3n) is 3.08. The molecule has 1 aromatic rings. The number of rotatable bonds is 3. The molecule has 0 atom stereocenters. The summed E-state index contributed by atoms with van der Waals surface area (Å²) in [6.07, 6.45) is 5.48. The van der Waals surface area contributed by atoms with Crippen molar-refractivity contribution in [2.75, 3.05) is 18.5 Å². The number of nitrogens with one attached hydrogen (secondary N) is 1. The molecule has 7 heteroatoms. The van der Waals surface area contributed by atoms with Gasteiger partial charge >= 0.3 is 0 Å². The molecule has 6 nitrogen and oxygen atoms in total. The maximum Gasteiger partial charge on any atom is 0.243 e. The third-order valence-corrected chi connectivity index (χ3v) is 4.98. The van der Waals surface area contributed by atoms with Crippen molar-refractivity contribution in [3.63, 3.8) is 0 Å². The second-order valence-corrected chi connectivity index (χ2v) is 6.28. The van der Waals surface area contributed by atoms with Gasteiger partial charge in [0.05, 0.1) is 4.90 Å². The Balaban J connectivity index is 2.28. The molecule has 100 valence electrons. The summed E-state index contributed by atoms with van der Waals surface area (Å²) in [5.74, 6) is 5.60. The number of hydrogen-bond acceptors (Lipinski definition) is 5. The van der Waals surface area contributed by atoms with Gasteiger partial charge in [-0.1, -0.05) is 12.8 Å². The van der Waals surface area contributed by atoms with Crippen LogP contribution in [0.15, 0.2) is 23.2 Å². The number of nitrogens with two attached hydrogens (primary N) is 1. The van der Waals surface area contributed by atoms with E-state index in [9.17, 15) is 8.42 Å². The summed E-state index contributed by atoms with van der Waals surface area (Å²) in [5.41, 5.74) is 2.36. The van der Waals surface area contributed by atoms with Crippen molar-refractivity contribution < 1.29 is 8.42 Å². The third kappa shape index (κ3) is 2.80. The SMILES string of the molecule is NNc1cc(S(=O)(=O)N2CCCCCC2)ccn1. The molecule has 0 saturated carbocycles.